The van der Waals surface area contributed by atoms with Crippen LogP contribution in [0.4, 0.5) is 0 Å². The van der Waals surface area contributed by atoms with Crippen LogP contribution >= 0.6 is 0 Å². The molecule has 0 heterocycles. The highest BCUT2D eigenvalue weighted by atomic mass is 16.3. The second-order valence-electron chi connectivity index (χ2n) is 7.52. The molecule has 0 saturated carbocycles. The lowest BCUT2D eigenvalue weighted by atomic mass is 9.78. The van der Waals surface area contributed by atoms with Crippen LogP contribution in [-0.2, 0) is 0 Å². The van der Waals surface area contributed by atoms with E-state index in [1.807, 2.05) is 0 Å². The Hall–Kier alpha value is -4.58. The fraction of sp³-hybridized carbons (Fsp3) is 0. The van der Waals surface area contributed by atoms with Crippen molar-refractivity contribution in [3.63, 3.8) is 0 Å². The van der Waals surface area contributed by atoms with E-state index in [2.05, 4.69) is 0 Å². The van der Waals surface area contributed by atoms with Gasteiger partial charge in [-0.05, 0) is 47.0 Å². The Labute approximate surface area is 182 Å². The van der Waals surface area contributed by atoms with E-state index in [1.165, 1.54) is 30.3 Å². The van der Waals surface area contributed by atoms with E-state index in [4.69, 9.17) is 0 Å². The molecule has 4 aromatic carbocycles. The average Bonchev–Trinajstić information content (AvgIpc) is 2.80. The van der Waals surface area contributed by atoms with Crippen molar-refractivity contribution in [3.8, 4) is 45.3 Å². The molecule has 0 radical (unpaired) electrons. The van der Waals surface area contributed by atoms with Crippen LogP contribution in [0.1, 0.15) is 31.8 Å². The van der Waals surface area contributed by atoms with Gasteiger partial charge in [-0.2, -0.15) is 0 Å². The van der Waals surface area contributed by atoms with Crippen LogP contribution in [0, 0.1) is 0 Å². The van der Waals surface area contributed by atoms with Gasteiger partial charge in [0.1, 0.15) is 0 Å². The van der Waals surface area contributed by atoms with Crippen molar-refractivity contribution in [2.45, 2.75) is 0 Å². The topological polar surface area (TPSA) is 115 Å². The Balaban J connectivity index is 1.87. The molecule has 0 aromatic heterocycles. The third-order valence-electron chi connectivity index (χ3n) is 5.64. The van der Waals surface area contributed by atoms with Crippen molar-refractivity contribution in [3.05, 3.63) is 95.1 Å². The molecule has 0 unspecified atom stereocenters. The predicted molar refractivity (Wildman–Crippen MR) is 117 cm³/mol. The zero-order valence-electron chi connectivity index (χ0n) is 16.5. The summed E-state index contributed by atoms with van der Waals surface area (Å²) in [6.45, 7) is 0. The number of aromatic hydroxyl groups is 4. The number of carbonyl (C=O) groups is 2. The zero-order chi connectivity index (χ0) is 22.6. The van der Waals surface area contributed by atoms with Gasteiger partial charge in [-0.1, -0.05) is 42.5 Å². The van der Waals surface area contributed by atoms with Crippen LogP contribution in [0.25, 0.3) is 22.3 Å². The summed E-state index contributed by atoms with van der Waals surface area (Å²) in [5, 5.41) is 39.6. The Morgan fingerprint density at radius 3 is 1.59 bits per heavy atom. The summed E-state index contributed by atoms with van der Waals surface area (Å²) < 4.78 is 0. The minimum Gasteiger partial charge on any atom is -0.504 e. The number of phenolic OH excluding ortho intramolecular Hbond substituents is 4. The number of rotatable bonds is 2. The van der Waals surface area contributed by atoms with E-state index in [1.54, 1.807) is 42.5 Å². The van der Waals surface area contributed by atoms with Crippen LogP contribution in [-0.4, -0.2) is 32.0 Å². The van der Waals surface area contributed by atoms with Crippen LogP contribution < -0.4 is 0 Å². The van der Waals surface area contributed by atoms with E-state index in [-0.39, 0.29) is 51.3 Å². The van der Waals surface area contributed by atoms with Crippen molar-refractivity contribution in [2.24, 2.45) is 0 Å². The zero-order valence-corrected chi connectivity index (χ0v) is 16.5. The molecule has 5 rings (SSSR count). The number of hydrogen-bond acceptors (Lipinski definition) is 6. The second kappa shape index (κ2) is 6.99. The lowest BCUT2D eigenvalue weighted by Gasteiger charge is -2.23. The molecule has 6 nitrogen and oxygen atoms in total. The molecule has 6 heteroatoms. The summed E-state index contributed by atoms with van der Waals surface area (Å²) in [6, 6.07) is 18.2. The number of phenols is 4. The standard InChI is InChI=1S/C26H16O6/c27-19-9-5-13(11-21(19)29)15-7-8-18-24(23(15)14-6-10-20(28)22(30)12-14)26(32)17-4-2-1-3-16(17)25(18)31/h1-12,27-30H. The van der Waals surface area contributed by atoms with Gasteiger partial charge < -0.3 is 20.4 Å². The first-order valence-corrected chi connectivity index (χ1v) is 9.77. The van der Waals surface area contributed by atoms with Crippen LogP contribution in [0.5, 0.6) is 23.0 Å². The monoisotopic (exact) mass is 424 g/mol. The first-order chi connectivity index (χ1) is 15.4. The third kappa shape index (κ3) is 2.81. The molecule has 0 bridgehead atoms. The highest BCUT2D eigenvalue weighted by molar-refractivity contribution is 6.31. The minimum absolute atomic E-state index is 0.170. The summed E-state index contributed by atoms with van der Waals surface area (Å²) >= 11 is 0. The molecule has 0 saturated heterocycles. The molecule has 156 valence electrons. The van der Waals surface area contributed by atoms with E-state index in [0.717, 1.165) is 0 Å². The van der Waals surface area contributed by atoms with Gasteiger partial charge in [-0.3, -0.25) is 9.59 Å². The normalized spacial score (nSPS) is 12.4. The Morgan fingerprint density at radius 2 is 0.969 bits per heavy atom. The molecule has 0 aliphatic heterocycles. The van der Waals surface area contributed by atoms with Gasteiger partial charge in [-0.15, -0.1) is 0 Å². The van der Waals surface area contributed by atoms with Gasteiger partial charge in [-0.25, -0.2) is 0 Å². The molecule has 0 spiro atoms. The van der Waals surface area contributed by atoms with Gasteiger partial charge >= 0.3 is 0 Å². The van der Waals surface area contributed by atoms with Gasteiger partial charge in [0.05, 0.1) is 0 Å². The molecule has 4 N–H and O–H groups in total. The maximum atomic E-state index is 13.6. The number of ketones is 2. The first-order valence-electron chi connectivity index (χ1n) is 9.77. The first kappa shape index (κ1) is 19.4. The largest absolute Gasteiger partial charge is 0.504 e. The minimum atomic E-state index is -0.380. The molecule has 32 heavy (non-hydrogen) atoms. The van der Waals surface area contributed by atoms with Crippen molar-refractivity contribution >= 4 is 11.6 Å². The maximum Gasteiger partial charge on any atom is 0.195 e. The molecule has 1 aliphatic rings. The summed E-state index contributed by atoms with van der Waals surface area (Å²) in [5.41, 5.74) is 2.76. The van der Waals surface area contributed by atoms with Crippen LogP contribution in [0.3, 0.4) is 0 Å². The Bertz CT molecular complexity index is 1450. The molecule has 1 aliphatic carbocycles. The number of hydrogen-bond donors (Lipinski definition) is 4. The molecular formula is C26H16O6. The second-order valence-corrected chi connectivity index (χ2v) is 7.52. The summed E-state index contributed by atoms with van der Waals surface area (Å²) in [5.74, 6) is -1.98. The van der Waals surface area contributed by atoms with Crippen molar-refractivity contribution in [1.29, 1.82) is 0 Å². The Morgan fingerprint density at radius 1 is 0.438 bits per heavy atom. The lowest BCUT2D eigenvalue weighted by molar-refractivity contribution is 0.0979. The lowest BCUT2D eigenvalue weighted by Crippen LogP contribution is -2.22. The fourth-order valence-electron chi connectivity index (χ4n) is 4.10. The Kier molecular flexibility index (Phi) is 4.23. The average molecular weight is 424 g/mol. The highest BCUT2D eigenvalue weighted by Gasteiger charge is 2.33. The molecule has 0 fully saturated rings. The van der Waals surface area contributed by atoms with Gasteiger partial charge in [0.2, 0.25) is 0 Å². The fourth-order valence-corrected chi connectivity index (χ4v) is 4.10. The van der Waals surface area contributed by atoms with E-state index >= 15 is 0 Å². The number of benzene rings is 4. The molecule has 0 amide bonds. The molecular weight excluding hydrogens is 408 g/mol. The van der Waals surface area contributed by atoms with E-state index < -0.39 is 0 Å². The van der Waals surface area contributed by atoms with Gasteiger partial charge in [0, 0.05) is 27.8 Å². The van der Waals surface area contributed by atoms with E-state index in [0.29, 0.717) is 27.8 Å². The summed E-state index contributed by atoms with van der Waals surface area (Å²) in [4.78, 5) is 26.7. The van der Waals surface area contributed by atoms with E-state index in [9.17, 15) is 30.0 Å². The maximum absolute atomic E-state index is 13.6. The van der Waals surface area contributed by atoms with Crippen molar-refractivity contribution in [1.82, 2.24) is 0 Å². The highest BCUT2D eigenvalue weighted by Crippen LogP contribution is 2.44. The van der Waals surface area contributed by atoms with Crippen LogP contribution in [0.2, 0.25) is 0 Å². The molecule has 4 aromatic rings. The smallest absolute Gasteiger partial charge is 0.195 e. The number of carbonyl (C=O) groups excluding carboxylic acids is 2. The van der Waals surface area contributed by atoms with Crippen molar-refractivity contribution in [2.75, 3.05) is 0 Å². The summed E-state index contributed by atoms with van der Waals surface area (Å²) in [7, 11) is 0. The van der Waals surface area contributed by atoms with Gasteiger partial charge in [0.15, 0.2) is 34.6 Å². The quantitative estimate of drug-likeness (QED) is 0.308. The SMILES string of the molecule is O=C1c2ccccc2C(=O)c2c1ccc(-c1ccc(O)c(O)c1)c2-c1ccc(O)c(O)c1. The third-order valence-corrected chi connectivity index (χ3v) is 5.64. The summed E-state index contributed by atoms with van der Waals surface area (Å²) in [6.07, 6.45) is 0. The predicted octanol–water partition coefficient (Wildman–Crippen LogP) is 4.62. The number of fused-ring (bicyclic) bond motifs is 2. The molecule has 0 atom stereocenters. The van der Waals surface area contributed by atoms with Crippen LogP contribution in [0.15, 0.2) is 72.8 Å². The van der Waals surface area contributed by atoms with Gasteiger partial charge in [0.25, 0.3) is 0 Å². The van der Waals surface area contributed by atoms with Crippen molar-refractivity contribution < 1.29 is 30.0 Å².